The lowest BCUT2D eigenvalue weighted by Gasteiger charge is -2.06. The van der Waals surface area contributed by atoms with Crippen LogP contribution in [0.4, 0.5) is 5.82 Å². The lowest BCUT2D eigenvalue weighted by atomic mass is 10.3. The highest BCUT2D eigenvalue weighted by Gasteiger charge is 2.22. The number of hydrogen-bond donors (Lipinski definition) is 1. The monoisotopic (exact) mass is 322 g/mol. The molecule has 0 aromatic carbocycles. The number of carbonyl (C=O) groups is 1. The minimum atomic E-state index is -0.234. The fourth-order valence-corrected chi connectivity index (χ4v) is 2.08. The van der Waals surface area contributed by atoms with Crippen molar-refractivity contribution < 1.29 is 4.79 Å². The van der Waals surface area contributed by atoms with Gasteiger partial charge in [-0.1, -0.05) is 15.9 Å². The fourth-order valence-electron chi connectivity index (χ4n) is 1.96. The summed E-state index contributed by atoms with van der Waals surface area (Å²) >= 11 is 3.23. The molecule has 1 atom stereocenters. The standard InChI is InChI=1S/C13H15BrN4O/c1-8(14)13(19)17-12-4-10-5-16-18(7-9-2-3-9)11(10)6-15-12/h4-6,8-9H,2-3,7H2,1H3,(H,15,17,19). The van der Waals surface area contributed by atoms with Gasteiger partial charge >= 0.3 is 0 Å². The summed E-state index contributed by atoms with van der Waals surface area (Å²) in [5, 5.41) is 8.16. The molecule has 3 rings (SSSR count). The Morgan fingerprint density at radius 3 is 3.05 bits per heavy atom. The smallest absolute Gasteiger partial charge is 0.239 e. The van der Waals surface area contributed by atoms with Crippen LogP contribution in [0, 0.1) is 5.92 Å². The third kappa shape index (κ3) is 2.78. The molecule has 1 amide bonds. The number of anilines is 1. The summed E-state index contributed by atoms with van der Waals surface area (Å²) in [5.74, 6) is 1.24. The van der Waals surface area contributed by atoms with Crippen molar-refractivity contribution in [2.24, 2.45) is 5.92 Å². The van der Waals surface area contributed by atoms with Crippen LogP contribution in [0.2, 0.25) is 0 Å². The summed E-state index contributed by atoms with van der Waals surface area (Å²) in [6.07, 6.45) is 6.20. The minimum Gasteiger partial charge on any atom is -0.310 e. The molecule has 0 radical (unpaired) electrons. The Morgan fingerprint density at radius 2 is 2.37 bits per heavy atom. The number of rotatable bonds is 4. The fraction of sp³-hybridized carbons (Fsp3) is 0.462. The molecule has 1 aliphatic carbocycles. The van der Waals surface area contributed by atoms with Crippen molar-refractivity contribution in [2.75, 3.05) is 5.32 Å². The normalized spacial score (nSPS) is 16.5. The van der Waals surface area contributed by atoms with Gasteiger partial charge in [-0.2, -0.15) is 5.10 Å². The number of nitrogens with zero attached hydrogens (tertiary/aromatic N) is 3. The lowest BCUT2D eigenvalue weighted by Crippen LogP contribution is -2.20. The first-order valence-electron chi connectivity index (χ1n) is 6.40. The van der Waals surface area contributed by atoms with E-state index in [0.717, 1.165) is 23.4 Å². The van der Waals surface area contributed by atoms with Gasteiger partial charge in [-0.05, 0) is 31.7 Å². The van der Waals surface area contributed by atoms with E-state index in [1.54, 1.807) is 13.1 Å². The molecule has 0 aliphatic heterocycles. The summed E-state index contributed by atoms with van der Waals surface area (Å²) in [6.45, 7) is 2.75. The molecule has 0 bridgehead atoms. The van der Waals surface area contributed by atoms with E-state index in [1.807, 2.05) is 16.9 Å². The lowest BCUT2D eigenvalue weighted by molar-refractivity contribution is -0.115. The van der Waals surface area contributed by atoms with Gasteiger partial charge < -0.3 is 5.32 Å². The molecule has 2 heterocycles. The highest BCUT2D eigenvalue weighted by atomic mass is 79.9. The average Bonchev–Trinajstić information content (AvgIpc) is 3.10. The summed E-state index contributed by atoms with van der Waals surface area (Å²) < 4.78 is 2.00. The van der Waals surface area contributed by atoms with E-state index >= 15 is 0 Å². The van der Waals surface area contributed by atoms with E-state index < -0.39 is 0 Å². The van der Waals surface area contributed by atoms with E-state index in [4.69, 9.17) is 0 Å². The first-order valence-corrected chi connectivity index (χ1v) is 7.31. The molecule has 2 aromatic heterocycles. The number of nitrogens with one attached hydrogen (secondary N) is 1. The molecule has 6 heteroatoms. The molecule has 1 fully saturated rings. The molecule has 1 saturated carbocycles. The van der Waals surface area contributed by atoms with E-state index in [1.165, 1.54) is 12.8 Å². The van der Waals surface area contributed by atoms with Gasteiger partial charge in [0.25, 0.3) is 0 Å². The molecular weight excluding hydrogens is 308 g/mol. The Balaban J connectivity index is 1.83. The van der Waals surface area contributed by atoms with Crippen LogP contribution in [-0.4, -0.2) is 25.5 Å². The Morgan fingerprint density at radius 1 is 1.58 bits per heavy atom. The van der Waals surface area contributed by atoms with Crippen molar-refractivity contribution in [1.29, 1.82) is 0 Å². The Bertz CT molecular complexity index is 618. The maximum atomic E-state index is 11.6. The molecule has 2 aromatic rings. The van der Waals surface area contributed by atoms with Gasteiger partial charge in [0.15, 0.2) is 0 Å². The van der Waals surface area contributed by atoms with Crippen LogP contribution in [0.5, 0.6) is 0 Å². The Hall–Kier alpha value is -1.43. The van der Waals surface area contributed by atoms with Crippen molar-refractivity contribution in [3.05, 3.63) is 18.5 Å². The van der Waals surface area contributed by atoms with Crippen molar-refractivity contribution in [3.63, 3.8) is 0 Å². The van der Waals surface area contributed by atoms with Crippen LogP contribution >= 0.6 is 15.9 Å². The summed E-state index contributed by atoms with van der Waals surface area (Å²) in [5.41, 5.74) is 1.02. The van der Waals surface area contributed by atoms with E-state index in [-0.39, 0.29) is 10.7 Å². The molecule has 0 saturated heterocycles. The van der Waals surface area contributed by atoms with Gasteiger partial charge in [-0.15, -0.1) is 0 Å². The van der Waals surface area contributed by atoms with Gasteiger partial charge in [0, 0.05) is 11.9 Å². The van der Waals surface area contributed by atoms with Crippen molar-refractivity contribution in [2.45, 2.75) is 31.1 Å². The van der Waals surface area contributed by atoms with E-state index in [2.05, 4.69) is 31.3 Å². The maximum Gasteiger partial charge on any atom is 0.239 e. The number of carbonyl (C=O) groups excluding carboxylic acids is 1. The van der Waals surface area contributed by atoms with Gasteiger partial charge in [0.05, 0.1) is 22.7 Å². The Labute approximate surface area is 119 Å². The number of halogens is 1. The maximum absolute atomic E-state index is 11.6. The van der Waals surface area contributed by atoms with Crippen LogP contribution in [0.25, 0.3) is 10.9 Å². The molecular formula is C13H15BrN4O. The quantitative estimate of drug-likeness (QED) is 0.880. The number of fused-ring (bicyclic) bond motifs is 1. The molecule has 19 heavy (non-hydrogen) atoms. The molecule has 1 unspecified atom stereocenters. The topological polar surface area (TPSA) is 59.8 Å². The Kier molecular flexibility index (Phi) is 3.26. The second-order valence-electron chi connectivity index (χ2n) is 5.00. The van der Waals surface area contributed by atoms with Gasteiger partial charge in [-0.25, -0.2) is 4.98 Å². The summed E-state index contributed by atoms with van der Waals surface area (Å²) in [6, 6.07) is 1.86. The van der Waals surface area contributed by atoms with Gasteiger partial charge in [0.2, 0.25) is 5.91 Å². The van der Waals surface area contributed by atoms with Crippen LogP contribution in [0.3, 0.4) is 0 Å². The highest BCUT2D eigenvalue weighted by Crippen LogP contribution is 2.31. The predicted octanol–water partition coefficient (Wildman–Crippen LogP) is 2.56. The number of hydrogen-bond acceptors (Lipinski definition) is 3. The zero-order valence-corrected chi connectivity index (χ0v) is 12.2. The second kappa shape index (κ2) is 4.92. The van der Waals surface area contributed by atoms with Gasteiger partial charge in [0.1, 0.15) is 5.82 Å². The first-order chi connectivity index (χ1) is 9.13. The summed E-state index contributed by atoms with van der Waals surface area (Å²) in [7, 11) is 0. The first kappa shape index (κ1) is 12.6. The third-order valence-corrected chi connectivity index (χ3v) is 3.68. The summed E-state index contributed by atoms with van der Waals surface area (Å²) in [4.78, 5) is 15.6. The predicted molar refractivity (Wildman–Crippen MR) is 77.3 cm³/mol. The largest absolute Gasteiger partial charge is 0.310 e. The van der Waals surface area contributed by atoms with Crippen LogP contribution < -0.4 is 5.32 Å². The van der Waals surface area contributed by atoms with Crippen LogP contribution in [0.15, 0.2) is 18.5 Å². The number of pyridine rings is 1. The van der Waals surface area contributed by atoms with Crippen molar-refractivity contribution in [3.8, 4) is 0 Å². The van der Waals surface area contributed by atoms with Gasteiger partial charge in [-0.3, -0.25) is 9.48 Å². The second-order valence-corrected chi connectivity index (χ2v) is 6.38. The molecule has 1 N–H and O–H groups in total. The molecule has 0 spiro atoms. The average molecular weight is 323 g/mol. The number of alkyl halides is 1. The molecule has 100 valence electrons. The van der Waals surface area contributed by atoms with E-state index in [9.17, 15) is 4.79 Å². The number of amides is 1. The molecule has 5 nitrogen and oxygen atoms in total. The zero-order valence-electron chi connectivity index (χ0n) is 10.6. The number of aromatic nitrogens is 3. The SMILES string of the molecule is CC(Br)C(=O)Nc1cc2cnn(CC3CC3)c2cn1. The van der Waals surface area contributed by atoms with Crippen LogP contribution in [0.1, 0.15) is 19.8 Å². The van der Waals surface area contributed by atoms with Crippen molar-refractivity contribution >= 4 is 38.6 Å². The van der Waals surface area contributed by atoms with E-state index in [0.29, 0.717) is 5.82 Å². The van der Waals surface area contributed by atoms with Crippen molar-refractivity contribution in [1.82, 2.24) is 14.8 Å². The zero-order chi connectivity index (χ0) is 13.4. The minimum absolute atomic E-state index is 0.0998. The van der Waals surface area contributed by atoms with Crippen LogP contribution in [-0.2, 0) is 11.3 Å². The molecule has 1 aliphatic rings. The highest BCUT2D eigenvalue weighted by molar-refractivity contribution is 9.10. The third-order valence-electron chi connectivity index (χ3n) is 3.27.